The van der Waals surface area contributed by atoms with E-state index in [2.05, 4.69) is 25.0 Å². The van der Waals surface area contributed by atoms with Crippen LogP contribution in [0.3, 0.4) is 0 Å². The normalized spacial score (nSPS) is 16.8. The molecular formula is C19H25ClFN5O3S2. The van der Waals surface area contributed by atoms with Crippen molar-refractivity contribution in [3.05, 3.63) is 34.6 Å². The van der Waals surface area contributed by atoms with E-state index >= 15 is 0 Å². The summed E-state index contributed by atoms with van der Waals surface area (Å²) in [6, 6.07) is 4.30. The zero-order valence-electron chi connectivity index (χ0n) is 17.2. The van der Waals surface area contributed by atoms with E-state index < -0.39 is 15.8 Å². The predicted octanol–water partition coefficient (Wildman–Crippen LogP) is 3.85. The standard InChI is InChI=1S/C19H25ClFN5O3S2/c1-11(13-7-8-14(20)15(21)9-13)30-19-24-17(23-18(25-19)26-31(2,28)29)22-16(10-27)12-5-3-4-6-12/h7-9,11-12,16,27H,3-6,10H2,1-2H3,(H2,22,23,24,25,26)/t11-,16-/m0/s1. The molecule has 1 aliphatic rings. The van der Waals surface area contributed by atoms with Crippen LogP contribution in [-0.4, -0.2) is 47.4 Å². The van der Waals surface area contributed by atoms with E-state index in [-0.39, 0.29) is 40.0 Å². The minimum atomic E-state index is -3.60. The van der Waals surface area contributed by atoms with Gasteiger partial charge in [0.15, 0.2) is 5.16 Å². The first-order valence-electron chi connectivity index (χ1n) is 9.87. The van der Waals surface area contributed by atoms with E-state index in [1.807, 2.05) is 6.92 Å². The van der Waals surface area contributed by atoms with Crippen LogP contribution in [0, 0.1) is 11.7 Å². The summed E-state index contributed by atoms with van der Waals surface area (Å²) in [4.78, 5) is 12.7. The lowest BCUT2D eigenvalue weighted by molar-refractivity contribution is 0.238. The van der Waals surface area contributed by atoms with Crippen molar-refractivity contribution in [3.8, 4) is 0 Å². The quantitative estimate of drug-likeness (QED) is 0.454. The molecule has 1 aromatic heterocycles. The van der Waals surface area contributed by atoms with Crippen molar-refractivity contribution in [3.63, 3.8) is 0 Å². The number of nitrogens with zero attached hydrogens (tertiary/aromatic N) is 3. The fraction of sp³-hybridized carbons (Fsp3) is 0.526. The molecule has 12 heteroatoms. The van der Waals surface area contributed by atoms with E-state index in [0.29, 0.717) is 11.5 Å². The van der Waals surface area contributed by atoms with Crippen LogP contribution in [-0.2, 0) is 10.0 Å². The van der Waals surface area contributed by atoms with E-state index in [9.17, 15) is 17.9 Å². The van der Waals surface area contributed by atoms with Crippen LogP contribution in [0.15, 0.2) is 23.4 Å². The summed E-state index contributed by atoms with van der Waals surface area (Å²) in [5.74, 6) is -0.185. The number of anilines is 2. The minimum Gasteiger partial charge on any atom is -0.394 e. The molecule has 0 spiro atoms. The maximum absolute atomic E-state index is 13.8. The Labute approximate surface area is 190 Å². The lowest BCUT2D eigenvalue weighted by Gasteiger charge is -2.23. The topological polar surface area (TPSA) is 117 Å². The molecule has 0 saturated heterocycles. The average molecular weight is 490 g/mol. The highest BCUT2D eigenvalue weighted by molar-refractivity contribution is 7.99. The molecule has 3 N–H and O–H groups in total. The van der Waals surface area contributed by atoms with Crippen LogP contribution in [0.2, 0.25) is 5.02 Å². The number of hydrogen-bond acceptors (Lipinski definition) is 8. The van der Waals surface area contributed by atoms with Gasteiger partial charge < -0.3 is 10.4 Å². The molecule has 0 bridgehead atoms. The van der Waals surface area contributed by atoms with Crippen LogP contribution in [0.1, 0.15) is 43.4 Å². The van der Waals surface area contributed by atoms with Crippen LogP contribution in [0.5, 0.6) is 0 Å². The summed E-state index contributed by atoms with van der Waals surface area (Å²) in [7, 11) is -3.60. The molecule has 0 amide bonds. The SMILES string of the molecule is C[C@H](Sc1nc(N[C@@H](CO)C2CCCC2)nc(NS(C)(=O)=O)n1)c1ccc(Cl)c(F)c1. The molecular weight excluding hydrogens is 465 g/mol. The fourth-order valence-electron chi connectivity index (χ4n) is 3.51. The third-order valence-corrected chi connectivity index (χ3v) is 6.95. The van der Waals surface area contributed by atoms with Gasteiger partial charge in [0.2, 0.25) is 21.9 Å². The van der Waals surface area contributed by atoms with Gasteiger partial charge >= 0.3 is 0 Å². The largest absolute Gasteiger partial charge is 0.394 e. The maximum atomic E-state index is 13.8. The van der Waals surface area contributed by atoms with Gasteiger partial charge in [-0.25, -0.2) is 12.8 Å². The first-order valence-corrected chi connectivity index (χ1v) is 13.0. The fourth-order valence-corrected chi connectivity index (χ4v) is 4.93. The summed E-state index contributed by atoms with van der Waals surface area (Å²) in [5.41, 5.74) is 0.679. The first-order chi connectivity index (χ1) is 14.6. The Hall–Kier alpha value is -1.69. The molecule has 1 aliphatic carbocycles. The zero-order chi connectivity index (χ0) is 22.6. The highest BCUT2D eigenvalue weighted by Gasteiger charge is 2.26. The monoisotopic (exact) mass is 489 g/mol. The van der Waals surface area contributed by atoms with Crippen molar-refractivity contribution >= 4 is 45.3 Å². The lowest BCUT2D eigenvalue weighted by Crippen LogP contribution is -2.32. The second-order valence-electron chi connectivity index (χ2n) is 7.55. The van der Waals surface area contributed by atoms with Crippen LogP contribution < -0.4 is 10.0 Å². The third kappa shape index (κ3) is 6.90. The van der Waals surface area contributed by atoms with Gasteiger partial charge in [0.25, 0.3) is 0 Å². The number of aliphatic hydroxyl groups excluding tert-OH is 1. The Morgan fingerprint density at radius 1 is 1.26 bits per heavy atom. The van der Waals surface area contributed by atoms with E-state index in [1.165, 1.54) is 23.9 Å². The summed E-state index contributed by atoms with van der Waals surface area (Å²) in [6.07, 6.45) is 5.22. The van der Waals surface area contributed by atoms with Crippen molar-refractivity contribution in [2.75, 3.05) is 22.9 Å². The Morgan fingerprint density at radius 2 is 1.94 bits per heavy atom. The predicted molar refractivity (Wildman–Crippen MR) is 120 cm³/mol. The number of halogens is 2. The number of nitrogens with one attached hydrogen (secondary N) is 2. The third-order valence-electron chi connectivity index (χ3n) is 5.07. The Morgan fingerprint density at radius 3 is 2.55 bits per heavy atom. The van der Waals surface area contributed by atoms with Gasteiger partial charge in [0.05, 0.1) is 23.9 Å². The average Bonchev–Trinajstić information content (AvgIpc) is 3.21. The molecule has 2 atom stereocenters. The van der Waals surface area contributed by atoms with Crippen LogP contribution >= 0.6 is 23.4 Å². The van der Waals surface area contributed by atoms with Crippen molar-refractivity contribution in [1.82, 2.24) is 15.0 Å². The van der Waals surface area contributed by atoms with Gasteiger partial charge in [-0.3, -0.25) is 4.72 Å². The molecule has 1 saturated carbocycles. The molecule has 8 nitrogen and oxygen atoms in total. The molecule has 170 valence electrons. The van der Waals surface area contributed by atoms with Gasteiger partial charge in [-0.15, -0.1) is 0 Å². The van der Waals surface area contributed by atoms with Gasteiger partial charge in [-0.1, -0.05) is 42.3 Å². The zero-order valence-corrected chi connectivity index (χ0v) is 19.6. The summed E-state index contributed by atoms with van der Waals surface area (Å²) < 4.78 is 39.5. The van der Waals surface area contributed by atoms with Gasteiger partial charge in [0.1, 0.15) is 5.82 Å². The highest BCUT2D eigenvalue weighted by Crippen LogP contribution is 2.35. The lowest BCUT2D eigenvalue weighted by atomic mass is 9.99. The number of thioether (sulfide) groups is 1. The number of benzene rings is 1. The number of aliphatic hydroxyl groups is 1. The summed E-state index contributed by atoms with van der Waals surface area (Å²) >= 11 is 6.98. The van der Waals surface area contributed by atoms with Gasteiger partial charge in [-0.2, -0.15) is 15.0 Å². The second kappa shape index (κ2) is 10.3. The summed E-state index contributed by atoms with van der Waals surface area (Å²) in [5, 5.41) is 13.0. The molecule has 1 heterocycles. The summed E-state index contributed by atoms with van der Waals surface area (Å²) in [6.45, 7) is 1.76. The number of hydrogen-bond donors (Lipinski definition) is 3. The molecule has 31 heavy (non-hydrogen) atoms. The number of sulfonamides is 1. The van der Waals surface area contributed by atoms with E-state index in [4.69, 9.17) is 11.6 Å². The minimum absolute atomic E-state index is 0.0363. The van der Waals surface area contributed by atoms with Crippen molar-refractivity contribution in [2.24, 2.45) is 5.92 Å². The Bertz CT molecular complexity index is 1020. The molecule has 0 unspecified atom stereocenters. The van der Waals surface area contributed by atoms with E-state index in [1.54, 1.807) is 6.07 Å². The van der Waals surface area contributed by atoms with Crippen LogP contribution in [0.4, 0.5) is 16.3 Å². The number of rotatable bonds is 9. The van der Waals surface area contributed by atoms with Gasteiger partial charge in [-0.05, 0) is 43.4 Å². The van der Waals surface area contributed by atoms with Crippen molar-refractivity contribution < 1.29 is 17.9 Å². The van der Waals surface area contributed by atoms with Crippen molar-refractivity contribution in [2.45, 2.75) is 49.1 Å². The molecule has 3 rings (SSSR count). The first kappa shape index (κ1) is 24.0. The van der Waals surface area contributed by atoms with Crippen LogP contribution in [0.25, 0.3) is 0 Å². The Balaban J connectivity index is 1.86. The Kier molecular flexibility index (Phi) is 7.95. The van der Waals surface area contributed by atoms with E-state index in [0.717, 1.165) is 31.9 Å². The molecule has 0 aliphatic heterocycles. The molecule has 1 fully saturated rings. The molecule has 2 aromatic rings. The number of aromatic nitrogens is 3. The van der Waals surface area contributed by atoms with Gasteiger partial charge in [0, 0.05) is 5.25 Å². The smallest absolute Gasteiger partial charge is 0.242 e. The molecule has 0 radical (unpaired) electrons. The second-order valence-corrected chi connectivity index (χ2v) is 11.0. The van der Waals surface area contributed by atoms with Crippen molar-refractivity contribution in [1.29, 1.82) is 0 Å². The molecule has 1 aromatic carbocycles. The highest BCUT2D eigenvalue weighted by atomic mass is 35.5. The maximum Gasteiger partial charge on any atom is 0.242 e.